The van der Waals surface area contributed by atoms with Gasteiger partial charge in [0.25, 0.3) is 11.8 Å². The molecular weight excluding hydrogens is 436 g/mol. The fourth-order valence-electron chi connectivity index (χ4n) is 3.46. The van der Waals surface area contributed by atoms with E-state index in [1.54, 1.807) is 84.9 Å². The number of aliphatic carboxylic acids is 1. The van der Waals surface area contributed by atoms with Crippen LogP contribution in [-0.2, 0) is 16.0 Å². The average Bonchev–Trinajstić information content (AvgIpc) is 2.87. The Bertz CT molecular complexity index is 1120. The van der Waals surface area contributed by atoms with Gasteiger partial charge in [-0.1, -0.05) is 60.7 Å². The largest absolute Gasteiger partial charge is 0.497 e. The van der Waals surface area contributed by atoms with Crippen molar-refractivity contribution in [3.63, 3.8) is 0 Å². The molecule has 0 aliphatic carbocycles. The maximum Gasteiger partial charge on any atom is 0.326 e. The first-order valence-electron chi connectivity index (χ1n) is 10.6. The summed E-state index contributed by atoms with van der Waals surface area (Å²) in [5.74, 6) is -2.10. The second-order valence-corrected chi connectivity index (χ2v) is 7.63. The van der Waals surface area contributed by atoms with Crippen molar-refractivity contribution < 1.29 is 29.3 Å². The molecule has 176 valence electrons. The number of carboxylic acids is 1. The van der Waals surface area contributed by atoms with Crippen LogP contribution in [0.5, 0.6) is 5.75 Å². The van der Waals surface area contributed by atoms with Crippen LogP contribution in [0.3, 0.4) is 0 Å². The maximum atomic E-state index is 12.9. The highest BCUT2D eigenvalue weighted by molar-refractivity contribution is 5.95. The number of benzene rings is 3. The topological polar surface area (TPSA) is 125 Å². The summed E-state index contributed by atoms with van der Waals surface area (Å²) < 4.78 is 5.16. The van der Waals surface area contributed by atoms with Gasteiger partial charge in [-0.05, 0) is 35.4 Å². The Kier molecular flexibility index (Phi) is 8.37. The summed E-state index contributed by atoms with van der Waals surface area (Å²) in [4.78, 5) is 37.5. The first-order valence-corrected chi connectivity index (χ1v) is 10.6. The summed E-state index contributed by atoms with van der Waals surface area (Å²) in [6.45, 7) is 0. The number of carbonyl (C=O) groups excluding carboxylic acids is 2. The molecule has 0 saturated heterocycles. The molecule has 0 saturated carbocycles. The zero-order valence-corrected chi connectivity index (χ0v) is 18.5. The fraction of sp³-hybridized carbons (Fsp3) is 0.192. The van der Waals surface area contributed by atoms with E-state index in [0.717, 1.165) is 0 Å². The number of amides is 2. The number of nitrogens with one attached hydrogen (secondary N) is 2. The zero-order chi connectivity index (χ0) is 24.5. The molecule has 2 amide bonds. The molecule has 0 spiro atoms. The highest BCUT2D eigenvalue weighted by Crippen LogP contribution is 2.19. The van der Waals surface area contributed by atoms with Gasteiger partial charge >= 0.3 is 5.97 Å². The third-order valence-corrected chi connectivity index (χ3v) is 5.25. The molecule has 0 radical (unpaired) electrons. The van der Waals surface area contributed by atoms with E-state index in [1.807, 2.05) is 0 Å². The van der Waals surface area contributed by atoms with Gasteiger partial charge in [0, 0.05) is 12.0 Å². The summed E-state index contributed by atoms with van der Waals surface area (Å²) in [7, 11) is 1.50. The molecule has 8 heteroatoms. The second kappa shape index (κ2) is 11.6. The van der Waals surface area contributed by atoms with Gasteiger partial charge in [0.05, 0.1) is 13.2 Å². The minimum absolute atomic E-state index is 0.0165. The third-order valence-electron chi connectivity index (χ3n) is 5.25. The fourth-order valence-corrected chi connectivity index (χ4v) is 3.46. The van der Waals surface area contributed by atoms with Crippen LogP contribution in [0.25, 0.3) is 0 Å². The van der Waals surface area contributed by atoms with Crippen LogP contribution in [0.2, 0.25) is 0 Å². The summed E-state index contributed by atoms with van der Waals surface area (Å²) >= 11 is 0. The smallest absolute Gasteiger partial charge is 0.326 e. The van der Waals surface area contributed by atoms with E-state index in [4.69, 9.17) is 4.74 Å². The number of carbonyl (C=O) groups is 3. The minimum Gasteiger partial charge on any atom is -0.497 e. The molecule has 0 heterocycles. The molecule has 8 nitrogen and oxygen atoms in total. The lowest BCUT2D eigenvalue weighted by molar-refractivity contribution is -0.143. The van der Waals surface area contributed by atoms with E-state index in [0.29, 0.717) is 22.4 Å². The Morgan fingerprint density at radius 3 is 2.15 bits per heavy atom. The van der Waals surface area contributed by atoms with E-state index >= 15 is 0 Å². The molecule has 0 aliphatic heterocycles. The normalized spacial score (nSPS) is 13.2. The monoisotopic (exact) mass is 462 g/mol. The van der Waals surface area contributed by atoms with E-state index in [2.05, 4.69) is 10.6 Å². The number of carboxylic acid groups (broad SMARTS) is 1. The van der Waals surface area contributed by atoms with Crippen LogP contribution in [0.4, 0.5) is 0 Å². The molecule has 0 aromatic heterocycles. The lowest BCUT2D eigenvalue weighted by Gasteiger charge is -2.25. The number of rotatable bonds is 10. The summed E-state index contributed by atoms with van der Waals surface area (Å²) in [6, 6.07) is 21.3. The van der Waals surface area contributed by atoms with Gasteiger partial charge in [0.1, 0.15) is 11.8 Å². The lowest BCUT2D eigenvalue weighted by atomic mass is 9.99. The van der Waals surface area contributed by atoms with Gasteiger partial charge < -0.3 is 25.6 Å². The molecule has 0 aliphatic rings. The summed E-state index contributed by atoms with van der Waals surface area (Å²) in [6.07, 6.45) is -1.75. The van der Waals surface area contributed by atoms with E-state index in [9.17, 15) is 24.6 Å². The number of aliphatic hydroxyl groups is 1. The first-order chi connectivity index (χ1) is 16.4. The average molecular weight is 463 g/mol. The standard InChI is InChI=1S/C26H26N2O6/c1-34-20-14-8-9-17(15-20)16-21(26(32)33)27-25(31)23(29)22(18-10-4-2-5-11-18)28-24(30)19-12-6-3-7-13-19/h2-15,21-23,29H,16H2,1H3,(H,27,31)(H,28,30)(H,32,33)/t21-,22+,23-/m1/s1. The predicted molar refractivity (Wildman–Crippen MR) is 125 cm³/mol. The number of methoxy groups -OCH3 is 1. The number of aliphatic hydroxyl groups excluding tert-OH is 1. The van der Waals surface area contributed by atoms with Crippen LogP contribution in [0.15, 0.2) is 84.9 Å². The number of hydrogen-bond acceptors (Lipinski definition) is 5. The highest BCUT2D eigenvalue weighted by atomic mass is 16.5. The van der Waals surface area contributed by atoms with Gasteiger partial charge in [-0.15, -0.1) is 0 Å². The molecular formula is C26H26N2O6. The van der Waals surface area contributed by atoms with E-state index in [-0.39, 0.29) is 6.42 Å². The SMILES string of the molecule is COc1cccc(C[C@@H](NC(=O)[C@H](O)[C@@H](NC(=O)c2ccccc2)c2ccccc2)C(=O)O)c1. The summed E-state index contributed by atoms with van der Waals surface area (Å²) in [5, 5.41) is 25.6. The first kappa shape index (κ1) is 24.5. The third kappa shape index (κ3) is 6.43. The van der Waals surface area contributed by atoms with Crippen molar-refractivity contribution in [1.82, 2.24) is 10.6 Å². The van der Waals surface area contributed by atoms with Crippen LogP contribution in [0, 0.1) is 0 Å². The van der Waals surface area contributed by atoms with E-state index in [1.165, 1.54) is 7.11 Å². The molecule has 0 bridgehead atoms. The Morgan fingerprint density at radius 2 is 1.53 bits per heavy atom. The van der Waals surface area contributed by atoms with Crippen LogP contribution in [0.1, 0.15) is 27.5 Å². The Balaban J connectivity index is 1.78. The molecule has 34 heavy (non-hydrogen) atoms. The van der Waals surface area contributed by atoms with Crippen LogP contribution in [-0.4, -0.2) is 47.3 Å². The Morgan fingerprint density at radius 1 is 0.882 bits per heavy atom. The number of hydrogen-bond donors (Lipinski definition) is 4. The van der Waals surface area contributed by atoms with Crippen molar-refractivity contribution >= 4 is 17.8 Å². The van der Waals surface area contributed by atoms with E-state index < -0.39 is 36.0 Å². The molecule has 0 unspecified atom stereocenters. The van der Waals surface area contributed by atoms with Gasteiger partial charge in [-0.25, -0.2) is 4.79 Å². The molecule has 3 aromatic rings. The van der Waals surface area contributed by atoms with Crippen LogP contribution < -0.4 is 15.4 Å². The van der Waals surface area contributed by atoms with Crippen molar-refractivity contribution in [2.75, 3.05) is 7.11 Å². The van der Waals surface area contributed by atoms with Crippen molar-refractivity contribution in [2.45, 2.75) is 24.6 Å². The van der Waals surface area contributed by atoms with Crippen molar-refractivity contribution in [3.8, 4) is 5.75 Å². The summed E-state index contributed by atoms with van der Waals surface area (Å²) in [5.41, 5.74) is 1.49. The van der Waals surface area contributed by atoms with Gasteiger partial charge in [-0.2, -0.15) is 0 Å². The van der Waals surface area contributed by atoms with Gasteiger partial charge in [-0.3, -0.25) is 9.59 Å². The van der Waals surface area contributed by atoms with Crippen LogP contribution >= 0.6 is 0 Å². The Labute approximate surface area is 197 Å². The van der Waals surface area contributed by atoms with Crippen molar-refractivity contribution in [1.29, 1.82) is 0 Å². The van der Waals surface area contributed by atoms with Crippen molar-refractivity contribution in [2.24, 2.45) is 0 Å². The lowest BCUT2D eigenvalue weighted by Crippen LogP contribution is -2.50. The molecule has 4 N–H and O–H groups in total. The second-order valence-electron chi connectivity index (χ2n) is 7.63. The Hall–Kier alpha value is -4.17. The number of ether oxygens (including phenoxy) is 1. The van der Waals surface area contributed by atoms with Crippen molar-refractivity contribution in [3.05, 3.63) is 102 Å². The predicted octanol–water partition coefficient (Wildman–Crippen LogP) is 2.34. The molecule has 0 fully saturated rings. The molecule has 3 rings (SSSR count). The molecule has 3 aromatic carbocycles. The maximum absolute atomic E-state index is 12.9. The quantitative estimate of drug-likeness (QED) is 0.367. The van der Waals surface area contributed by atoms with Gasteiger partial charge in [0.15, 0.2) is 6.10 Å². The van der Waals surface area contributed by atoms with Gasteiger partial charge in [0.2, 0.25) is 0 Å². The highest BCUT2D eigenvalue weighted by Gasteiger charge is 2.32. The molecule has 3 atom stereocenters. The minimum atomic E-state index is -1.73. The zero-order valence-electron chi connectivity index (χ0n) is 18.5.